The predicted octanol–water partition coefficient (Wildman–Crippen LogP) is 4.60. The van der Waals surface area contributed by atoms with Crippen LogP contribution in [0.4, 0.5) is 15.8 Å². The number of nitrogens with zero attached hydrogens (tertiary/aromatic N) is 3. The summed E-state index contributed by atoms with van der Waals surface area (Å²) < 4.78 is 46.4. The van der Waals surface area contributed by atoms with Gasteiger partial charge in [-0.05, 0) is 56.3 Å². The summed E-state index contributed by atoms with van der Waals surface area (Å²) >= 11 is 1.40. The molecule has 12 heteroatoms. The van der Waals surface area contributed by atoms with E-state index in [4.69, 9.17) is 4.52 Å². The van der Waals surface area contributed by atoms with E-state index in [1.165, 1.54) is 43.4 Å². The number of benzene rings is 2. The highest BCUT2D eigenvalue weighted by Crippen LogP contribution is 2.25. The third kappa shape index (κ3) is 5.13. The number of rotatable bonds is 8. The minimum absolute atomic E-state index is 0.0208. The molecule has 176 valence electrons. The third-order valence-electron chi connectivity index (χ3n) is 4.82. The molecule has 0 bridgehead atoms. The van der Waals surface area contributed by atoms with Crippen LogP contribution in [-0.2, 0) is 14.8 Å². The van der Waals surface area contributed by atoms with Crippen molar-refractivity contribution in [2.24, 2.45) is 5.41 Å². The van der Waals surface area contributed by atoms with Crippen LogP contribution >= 0.6 is 11.3 Å². The fourth-order valence-electron chi connectivity index (χ4n) is 2.78. The summed E-state index contributed by atoms with van der Waals surface area (Å²) in [6, 6.07) is 12.1. The maximum atomic E-state index is 13.0. The average Bonchev–Trinajstić information content (AvgIpc) is 3.51. The molecule has 2 aromatic carbocycles. The van der Waals surface area contributed by atoms with E-state index in [1.54, 1.807) is 41.2 Å². The number of aromatic nitrogens is 3. The summed E-state index contributed by atoms with van der Waals surface area (Å²) in [6.07, 6.45) is 0. The molecule has 34 heavy (non-hydrogen) atoms. The Kier molecular flexibility index (Phi) is 6.44. The van der Waals surface area contributed by atoms with E-state index in [2.05, 4.69) is 25.2 Å². The molecule has 2 aromatic heterocycles. The number of carbonyl (C=O) groups excluding carboxylic acids is 1. The highest BCUT2D eigenvalue weighted by molar-refractivity contribution is 7.92. The number of amides is 1. The molecule has 0 aliphatic heterocycles. The van der Waals surface area contributed by atoms with Gasteiger partial charge in [0.2, 0.25) is 11.7 Å². The molecule has 2 heterocycles. The van der Waals surface area contributed by atoms with Gasteiger partial charge in [0.1, 0.15) is 12.4 Å². The number of nitrogens with one attached hydrogen (secondary N) is 2. The zero-order chi connectivity index (χ0) is 24.3. The molecule has 0 unspecified atom stereocenters. The number of carbonyl (C=O) groups is 1. The summed E-state index contributed by atoms with van der Waals surface area (Å²) in [4.78, 5) is 20.6. The van der Waals surface area contributed by atoms with Crippen molar-refractivity contribution in [1.29, 1.82) is 0 Å². The topological polar surface area (TPSA) is 127 Å². The van der Waals surface area contributed by atoms with Crippen LogP contribution in [0.2, 0.25) is 0 Å². The standard InChI is InChI=1S/C22H20FN5O4S2/c1-22(2,12-23)21(29)25-15-4-3-5-16(10-15)28-34(30,31)17-8-6-14(7-9-17)19-26-20(32-27-19)18-11-33-13-24-18/h3-11,13,28H,12H2,1-2H3,(H,25,29). The molecule has 0 aliphatic rings. The van der Waals surface area contributed by atoms with E-state index < -0.39 is 28.0 Å². The molecule has 0 saturated carbocycles. The van der Waals surface area contributed by atoms with E-state index in [1.807, 2.05) is 0 Å². The lowest BCUT2D eigenvalue weighted by molar-refractivity contribution is -0.124. The van der Waals surface area contributed by atoms with E-state index in [-0.39, 0.29) is 16.5 Å². The number of thiazole rings is 1. The number of halogens is 1. The SMILES string of the molecule is CC(C)(CF)C(=O)Nc1cccc(NS(=O)(=O)c2ccc(-c3noc(-c4cscn4)n3)cc2)c1. The Morgan fingerprint density at radius 1 is 1.15 bits per heavy atom. The van der Waals surface area contributed by atoms with Crippen molar-refractivity contribution in [2.75, 3.05) is 16.7 Å². The summed E-state index contributed by atoms with van der Waals surface area (Å²) in [7, 11) is -3.92. The smallest absolute Gasteiger partial charge is 0.277 e. The first-order valence-electron chi connectivity index (χ1n) is 10.0. The van der Waals surface area contributed by atoms with Gasteiger partial charge in [0.05, 0.1) is 21.5 Å². The molecule has 0 radical (unpaired) electrons. The molecule has 4 rings (SSSR count). The van der Waals surface area contributed by atoms with Crippen LogP contribution in [-0.4, -0.2) is 36.1 Å². The zero-order valence-electron chi connectivity index (χ0n) is 18.1. The van der Waals surface area contributed by atoms with Gasteiger partial charge in [-0.3, -0.25) is 9.52 Å². The van der Waals surface area contributed by atoms with E-state index in [0.29, 0.717) is 22.8 Å². The maximum absolute atomic E-state index is 13.0. The fraction of sp³-hybridized carbons (Fsp3) is 0.182. The molecular weight excluding hydrogens is 481 g/mol. The second kappa shape index (κ2) is 9.31. The lowest BCUT2D eigenvalue weighted by Gasteiger charge is -2.19. The van der Waals surface area contributed by atoms with Crippen LogP contribution in [0.25, 0.3) is 23.0 Å². The van der Waals surface area contributed by atoms with Crippen LogP contribution in [0.15, 0.2) is 68.8 Å². The van der Waals surface area contributed by atoms with Crippen molar-refractivity contribution in [2.45, 2.75) is 18.7 Å². The Morgan fingerprint density at radius 2 is 1.88 bits per heavy atom. The van der Waals surface area contributed by atoms with Crippen LogP contribution in [0.3, 0.4) is 0 Å². The molecule has 0 saturated heterocycles. The number of hydrogen-bond acceptors (Lipinski definition) is 8. The van der Waals surface area contributed by atoms with Gasteiger partial charge >= 0.3 is 0 Å². The molecular formula is C22H20FN5O4S2. The van der Waals surface area contributed by atoms with Gasteiger partial charge in [-0.2, -0.15) is 4.98 Å². The van der Waals surface area contributed by atoms with Crippen molar-refractivity contribution in [3.05, 3.63) is 59.4 Å². The summed E-state index contributed by atoms with van der Waals surface area (Å²) in [5.41, 5.74) is 2.18. The van der Waals surface area contributed by atoms with Crippen molar-refractivity contribution in [3.63, 3.8) is 0 Å². The van der Waals surface area contributed by atoms with Crippen LogP contribution in [0.1, 0.15) is 13.8 Å². The van der Waals surface area contributed by atoms with E-state index in [9.17, 15) is 17.6 Å². The second-order valence-corrected chi connectivity index (χ2v) is 10.4. The number of hydrogen-bond donors (Lipinski definition) is 2. The predicted molar refractivity (Wildman–Crippen MR) is 126 cm³/mol. The molecule has 0 fully saturated rings. The molecule has 1 amide bonds. The Morgan fingerprint density at radius 3 is 2.56 bits per heavy atom. The normalized spacial score (nSPS) is 11.9. The highest BCUT2D eigenvalue weighted by Gasteiger charge is 2.27. The van der Waals surface area contributed by atoms with Gasteiger partial charge in [-0.1, -0.05) is 11.2 Å². The van der Waals surface area contributed by atoms with Gasteiger partial charge in [0.15, 0.2) is 0 Å². The van der Waals surface area contributed by atoms with Crippen molar-refractivity contribution >= 4 is 38.6 Å². The molecule has 0 atom stereocenters. The lowest BCUT2D eigenvalue weighted by Crippen LogP contribution is -2.32. The maximum Gasteiger partial charge on any atom is 0.277 e. The first-order valence-corrected chi connectivity index (χ1v) is 12.4. The Balaban J connectivity index is 1.48. The first kappa shape index (κ1) is 23.5. The van der Waals surface area contributed by atoms with Crippen molar-refractivity contribution < 1.29 is 22.1 Å². The van der Waals surface area contributed by atoms with Gasteiger partial charge in [0, 0.05) is 16.6 Å². The molecule has 4 aromatic rings. The lowest BCUT2D eigenvalue weighted by atomic mass is 9.94. The summed E-state index contributed by atoms with van der Waals surface area (Å²) in [5, 5.41) is 8.29. The van der Waals surface area contributed by atoms with Gasteiger partial charge in [-0.15, -0.1) is 11.3 Å². The minimum atomic E-state index is -3.92. The van der Waals surface area contributed by atoms with Crippen molar-refractivity contribution in [3.8, 4) is 23.0 Å². The van der Waals surface area contributed by atoms with Crippen LogP contribution in [0.5, 0.6) is 0 Å². The fourth-order valence-corrected chi connectivity index (χ4v) is 4.36. The largest absolute Gasteiger partial charge is 0.332 e. The van der Waals surface area contributed by atoms with Gasteiger partial charge in [0.25, 0.3) is 15.9 Å². The number of alkyl halides is 1. The average molecular weight is 502 g/mol. The van der Waals surface area contributed by atoms with Crippen LogP contribution < -0.4 is 10.0 Å². The van der Waals surface area contributed by atoms with E-state index >= 15 is 0 Å². The third-order valence-corrected chi connectivity index (χ3v) is 6.81. The molecule has 0 aliphatic carbocycles. The monoisotopic (exact) mass is 501 g/mol. The summed E-state index contributed by atoms with van der Waals surface area (Å²) in [5.74, 6) is 0.0704. The zero-order valence-corrected chi connectivity index (χ0v) is 19.8. The first-order chi connectivity index (χ1) is 16.2. The molecule has 9 nitrogen and oxygen atoms in total. The van der Waals surface area contributed by atoms with Gasteiger partial charge in [-0.25, -0.2) is 17.8 Å². The Hall–Kier alpha value is -3.64. The molecule has 2 N–H and O–H groups in total. The number of sulfonamides is 1. The summed E-state index contributed by atoms with van der Waals surface area (Å²) in [6.45, 7) is 2.14. The Bertz CT molecular complexity index is 1400. The minimum Gasteiger partial charge on any atom is -0.332 e. The van der Waals surface area contributed by atoms with Crippen molar-refractivity contribution in [1.82, 2.24) is 15.1 Å². The van der Waals surface area contributed by atoms with E-state index in [0.717, 1.165) is 0 Å². The van der Waals surface area contributed by atoms with Gasteiger partial charge < -0.3 is 9.84 Å². The quantitative estimate of drug-likeness (QED) is 0.361. The molecule has 0 spiro atoms. The number of anilines is 2. The second-order valence-electron chi connectivity index (χ2n) is 7.98. The Labute approximate surface area is 199 Å². The van der Waals surface area contributed by atoms with Crippen LogP contribution in [0, 0.1) is 5.41 Å². The highest BCUT2D eigenvalue weighted by atomic mass is 32.2.